The van der Waals surface area contributed by atoms with E-state index in [2.05, 4.69) is 10.4 Å². The Kier molecular flexibility index (Phi) is 4.60. The van der Waals surface area contributed by atoms with Crippen LogP contribution in [0.1, 0.15) is 18.1 Å². The number of hydrazine groups is 1. The zero-order chi connectivity index (χ0) is 18.2. The average Bonchev–Trinajstić information content (AvgIpc) is 2.91. The molecule has 1 aromatic carbocycles. The molecule has 0 bridgehead atoms. The number of hydrogen-bond donors (Lipinski definition) is 1. The Labute approximate surface area is 146 Å². The molecule has 8 heteroatoms. The molecule has 1 aromatic heterocycles. The second-order valence-corrected chi connectivity index (χ2v) is 6.11. The molecule has 0 amide bonds. The third kappa shape index (κ3) is 3.71. The van der Waals surface area contributed by atoms with E-state index in [0.717, 1.165) is 23.5 Å². The molecular formula is C17H14ClF4N3. The van der Waals surface area contributed by atoms with Gasteiger partial charge < -0.3 is 5.43 Å². The largest absolute Gasteiger partial charge is 0.417 e. The fraction of sp³-hybridized carbons (Fsp3) is 0.235. The van der Waals surface area contributed by atoms with Crippen molar-refractivity contribution in [3.8, 4) is 0 Å². The number of benzene rings is 1. The Morgan fingerprint density at radius 1 is 1.24 bits per heavy atom. The Balaban J connectivity index is 1.75. The minimum Gasteiger partial charge on any atom is -0.301 e. The van der Waals surface area contributed by atoms with Crippen molar-refractivity contribution in [3.05, 3.63) is 69.8 Å². The predicted octanol–water partition coefficient (Wildman–Crippen LogP) is 4.73. The van der Waals surface area contributed by atoms with Gasteiger partial charge in [-0.05, 0) is 36.8 Å². The summed E-state index contributed by atoms with van der Waals surface area (Å²) in [4.78, 5) is 3.85. The van der Waals surface area contributed by atoms with Gasteiger partial charge in [-0.1, -0.05) is 17.7 Å². The van der Waals surface area contributed by atoms with Gasteiger partial charge >= 0.3 is 6.18 Å². The minimum atomic E-state index is -4.43. The molecule has 0 radical (unpaired) electrons. The second-order valence-electron chi connectivity index (χ2n) is 5.71. The number of hydrogen-bond acceptors (Lipinski definition) is 3. The molecular weight excluding hydrogens is 358 g/mol. The summed E-state index contributed by atoms with van der Waals surface area (Å²) in [6, 6.07) is 6.77. The first-order chi connectivity index (χ1) is 11.8. The summed E-state index contributed by atoms with van der Waals surface area (Å²) in [7, 11) is 0. The lowest BCUT2D eigenvalue weighted by atomic mass is 10.0. The van der Waals surface area contributed by atoms with Gasteiger partial charge in [-0.25, -0.2) is 9.37 Å². The zero-order valence-electron chi connectivity index (χ0n) is 13.2. The molecule has 0 saturated heterocycles. The molecule has 0 fully saturated rings. The maximum Gasteiger partial charge on any atom is 0.417 e. The highest BCUT2D eigenvalue weighted by Crippen LogP contribution is 2.30. The molecule has 0 aliphatic carbocycles. The molecule has 3 nitrogen and oxygen atoms in total. The fourth-order valence-electron chi connectivity index (χ4n) is 2.59. The number of nitrogens with one attached hydrogen (secondary N) is 1. The summed E-state index contributed by atoms with van der Waals surface area (Å²) < 4.78 is 51.8. The maximum absolute atomic E-state index is 13.9. The van der Waals surface area contributed by atoms with Crippen molar-refractivity contribution in [1.29, 1.82) is 0 Å². The normalized spacial score (nSPS) is 14.9. The van der Waals surface area contributed by atoms with Gasteiger partial charge in [0, 0.05) is 28.9 Å². The third-order valence-corrected chi connectivity index (χ3v) is 4.34. The molecule has 0 saturated carbocycles. The first-order valence-corrected chi connectivity index (χ1v) is 7.82. The molecule has 0 spiro atoms. The topological polar surface area (TPSA) is 28.2 Å². The molecule has 25 heavy (non-hydrogen) atoms. The van der Waals surface area contributed by atoms with Crippen LogP contribution >= 0.6 is 11.6 Å². The molecule has 2 aromatic rings. The number of anilines is 1. The van der Waals surface area contributed by atoms with E-state index in [1.165, 1.54) is 18.2 Å². The number of alkyl halides is 3. The Hall–Kier alpha value is -2.28. The summed E-state index contributed by atoms with van der Waals surface area (Å²) in [5, 5.41) is 1.95. The Morgan fingerprint density at radius 3 is 2.60 bits per heavy atom. The molecule has 1 N–H and O–H groups in total. The first-order valence-electron chi connectivity index (χ1n) is 7.44. The maximum atomic E-state index is 13.9. The van der Waals surface area contributed by atoms with E-state index in [4.69, 9.17) is 11.6 Å². The van der Waals surface area contributed by atoms with Crippen molar-refractivity contribution in [2.24, 2.45) is 0 Å². The first kappa shape index (κ1) is 17.5. The van der Waals surface area contributed by atoms with Crippen LogP contribution < -0.4 is 10.4 Å². The number of halogens is 5. The average molecular weight is 372 g/mol. The molecule has 0 unspecified atom stereocenters. The SMILES string of the molecule is CC1=C(Cc2c(F)cccc2Cl)CN(c2ccc(C(F)(F)F)cn2)N1. The van der Waals surface area contributed by atoms with Crippen molar-refractivity contribution >= 4 is 17.4 Å². The van der Waals surface area contributed by atoms with Crippen LogP contribution in [0.3, 0.4) is 0 Å². The highest BCUT2D eigenvalue weighted by molar-refractivity contribution is 6.31. The number of rotatable bonds is 3. The van der Waals surface area contributed by atoms with Gasteiger partial charge in [0.15, 0.2) is 0 Å². The van der Waals surface area contributed by atoms with Crippen LogP contribution in [0.2, 0.25) is 5.02 Å². The predicted molar refractivity (Wildman–Crippen MR) is 87.5 cm³/mol. The summed E-state index contributed by atoms with van der Waals surface area (Å²) in [6.45, 7) is 2.18. The van der Waals surface area contributed by atoms with E-state index in [1.54, 1.807) is 11.1 Å². The van der Waals surface area contributed by atoms with Crippen LogP contribution in [0.25, 0.3) is 0 Å². The second kappa shape index (κ2) is 6.55. The van der Waals surface area contributed by atoms with Crippen molar-refractivity contribution < 1.29 is 17.6 Å². The highest BCUT2D eigenvalue weighted by Gasteiger charge is 2.31. The smallest absolute Gasteiger partial charge is 0.301 e. The molecule has 2 heterocycles. The third-order valence-electron chi connectivity index (χ3n) is 3.99. The molecule has 1 aliphatic heterocycles. The van der Waals surface area contributed by atoms with Gasteiger partial charge in [0.05, 0.1) is 12.1 Å². The van der Waals surface area contributed by atoms with E-state index >= 15 is 0 Å². The van der Waals surface area contributed by atoms with Gasteiger partial charge in [0.1, 0.15) is 11.6 Å². The van der Waals surface area contributed by atoms with Crippen LogP contribution in [0.15, 0.2) is 47.8 Å². The summed E-state index contributed by atoms with van der Waals surface area (Å²) in [6.07, 6.45) is -3.33. The monoisotopic (exact) mass is 371 g/mol. The molecule has 3 rings (SSSR count). The fourth-order valence-corrected chi connectivity index (χ4v) is 2.82. The highest BCUT2D eigenvalue weighted by atomic mass is 35.5. The van der Waals surface area contributed by atoms with E-state index in [9.17, 15) is 17.6 Å². The van der Waals surface area contributed by atoms with Crippen molar-refractivity contribution in [1.82, 2.24) is 10.4 Å². The van der Waals surface area contributed by atoms with Crippen molar-refractivity contribution in [2.75, 3.05) is 11.6 Å². The summed E-state index contributed by atoms with van der Waals surface area (Å²) >= 11 is 6.05. The lowest BCUT2D eigenvalue weighted by Gasteiger charge is -2.19. The number of pyridine rings is 1. The molecule has 132 valence electrons. The number of nitrogens with zero attached hydrogens (tertiary/aromatic N) is 2. The van der Waals surface area contributed by atoms with E-state index in [0.29, 0.717) is 29.4 Å². The Morgan fingerprint density at radius 2 is 2.00 bits per heavy atom. The molecule has 0 atom stereocenters. The van der Waals surface area contributed by atoms with Gasteiger partial charge in [-0.15, -0.1) is 0 Å². The van der Waals surface area contributed by atoms with E-state index in [1.807, 2.05) is 6.92 Å². The van der Waals surface area contributed by atoms with Gasteiger partial charge in [-0.2, -0.15) is 13.2 Å². The van der Waals surface area contributed by atoms with Gasteiger partial charge in [0.25, 0.3) is 0 Å². The van der Waals surface area contributed by atoms with E-state index < -0.39 is 11.7 Å². The Bertz CT molecular complexity index is 795. The summed E-state index contributed by atoms with van der Waals surface area (Å²) in [5.74, 6) is -0.0408. The van der Waals surface area contributed by atoms with Crippen molar-refractivity contribution in [2.45, 2.75) is 19.5 Å². The van der Waals surface area contributed by atoms with Crippen LogP contribution in [0.4, 0.5) is 23.4 Å². The van der Waals surface area contributed by atoms with E-state index in [-0.39, 0.29) is 5.82 Å². The number of aromatic nitrogens is 1. The van der Waals surface area contributed by atoms with Gasteiger partial charge in [0.2, 0.25) is 0 Å². The van der Waals surface area contributed by atoms with Crippen LogP contribution in [-0.4, -0.2) is 11.5 Å². The molecule has 1 aliphatic rings. The van der Waals surface area contributed by atoms with Gasteiger partial charge in [-0.3, -0.25) is 5.01 Å². The quantitative estimate of drug-likeness (QED) is 0.790. The van der Waals surface area contributed by atoms with Crippen LogP contribution in [0.5, 0.6) is 0 Å². The van der Waals surface area contributed by atoms with Crippen molar-refractivity contribution in [3.63, 3.8) is 0 Å². The minimum absolute atomic E-state index is 0.307. The lowest BCUT2D eigenvalue weighted by molar-refractivity contribution is -0.137. The lowest BCUT2D eigenvalue weighted by Crippen LogP contribution is -2.32. The van der Waals surface area contributed by atoms with Crippen LogP contribution in [-0.2, 0) is 12.6 Å². The summed E-state index contributed by atoms with van der Waals surface area (Å²) in [5.41, 5.74) is 4.30. The van der Waals surface area contributed by atoms with Crippen LogP contribution in [0, 0.1) is 5.82 Å². The zero-order valence-corrected chi connectivity index (χ0v) is 13.9. The number of allylic oxidation sites excluding steroid dienone is 1. The standard InChI is InChI=1S/C17H14ClF4N3/c1-10-11(7-13-14(18)3-2-4-15(13)19)9-25(24-10)16-6-5-12(8-23-16)17(20,21)22/h2-6,8,24H,7,9H2,1H3.